The van der Waals surface area contributed by atoms with Gasteiger partial charge in [-0.15, -0.1) is 0 Å². The summed E-state index contributed by atoms with van der Waals surface area (Å²) in [5, 5.41) is 28.2. The largest absolute Gasteiger partial charge is 0.392 e. The molecule has 1 aromatic carbocycles. The molecule has 0 radical (unpaired) electrons. The van der Waals surface area contributed by atoms with Gasteiger partial charge in [-0.3, -0.25) is 0 Å². The normalized spacial score (nSPS) is 47.5. The third-order valence-corrected chi connectivity index (χ3v) is 12.1. The van der Waals surface area contributed by atoms with Crippen molar-refractivity contribution in [1.29, 1.82) is 0 Å². The standard InChI is InChI=1S/C30H43NO6/c1-26-12-13-29(34-14-15-35-29)18-28(26,33)10-8-21-22-9-11-30(36-16-17-37-30)27(22,2)25(32)23(24(21)26)19-4-6-20(31-3)7-5-19/h4-7,21-25,31-33H,8-18H2,1-3H3/t21-,22-,23+,24+,25-,26+,27+,28+/m0/s1. The van der Waals surface area contributed by atoms with Gasteiger partial charge in [-0.1, -0.05) is 26.0 Å². The van der Waals surface area contributed by atoms with Crippen molar-refractivity contribution in [3.05, 3.63) is 29.8 Å². The second-order valence-electron chi connectivity index (χ2n) is 13.2. The van der Waals surface area contributed by atoms with Gasteiger partial charge in [-0.2, -0.15) is 0 Å². The third-order valence-electron chi connectivity index (χ3n) is 12.1. The number of anilines is 1. The number of hydrogen-bond acceptors (Lipinski definition) is 7. The fourth-order valence-corrected chi connectivity index (χ4v) is 10.2. The zero-order valence-electron chi connectivity index (χ0n) is 22.5. The number of hydrogen-bond donors (Lipinski definition) is 3. The van der Waals surface area contributed by atoms with Gasteiger partial charge in [0.25, 0.3) is 0 Å². The number of rotatable bonds is 2. The summed E-state index contributed by atoms with van der Waals surface area (Å²) in [7, 11) is 1.93. The van der Waals surface area contributed by atoms with Crippen molar-refractivity contribution in [1.82, 2.24) is 0 Å². The first kappa shape index (κ1) is 24.8. The Kier molecular flexibility index (Phi) is 5.46. The van der Waals surface area contributed by atoms with Crippen molar-refractivity contribution in [3.8, 4) is 0 Å². The van der Waals surface area contributed by atoms with Gasteiger partial charge < -0.3 is 34.5 Å². The first-order valence-electron chi connectivity index (χ1n) is 14.5. The molecule has 0 amide bonds. The number of benzene rings is 1. The molecule has 7 nitrogen and oxygen atoms in total. The van der Waals surface area contributed by atoms with Gasteiger partial charge in [0.05, 0.1) is 43.5 Å². The Morgan fingerprint density at radius 2 is 1.54 bits per heavy atom. The van der Waals surface area contributed by atoms with Crippen LogP contribution in [0, 0.1) is 28.6 Å². The molecule has 0 bridgehead atoms. The molecule has 2 saturated heterocycles. The van der Waals surface area contributed by atoms with Crippen LogP contribution in [-0.4, -0.2) is 67.0 Å². The quantitative estimate of drug-likeness (QED) is 0.550. The Morgan fingerprint density at radius 3 is 2.22 bits per heavy atom. The number of ether oxygens (including phenoxy) is 4. The van der Waals surface area contributed by atoms with Crippen LogP contribution >= 0.6 is 0 Å². The SMILES string of the molecule is CNc1ccc([C@@H]2[C@H]3[C@@H](CC[C@@]4(O)CC5(CC[C@]34C)OCCO5)[C@@H]3CCC4(OCCO4)[C@@]3(C)[C@H]2O)cc1. The van der Waals surface area contributed by atoms with E-state index in [4.69, 9.17) is 18.9 Å². The average molecular weight is 514 g/mol. The predicted molar refractivity (Wildman–Crippen MR) is 138 cm³/mol. The average Bonchev–Trinajstić information content (AvgIpc) is 3.63. The lowest BCUT2D eigenvalue weighted by Gasteiger charge is -2.68. The Bertz CT molecular complexity index is 1040. The number of nitrogens with one attached hydrogen (secondary N) is 1. The van der Waals surface area contributed by atoms with Crippen LogP contribution in [0.15, 0.2) is 24.3 Å². The molecule has 3 N–H and O–H groups in total. The van der Waals surface area contributed by atoms with E-state index < -0.39 is 28.7 Å². The van der Waals surface area contributed by atoms with Crippen LogP contribution in [0.25, 0.3) is 0 Å². The summed E-state index contributed by atoms with van der Waals surface area (Å²) in [6.07, 6.45) is 4.96. The van der Waals surface area contributed by atoms with Crippen LogP contribution in [0.5, 0.6) is 0 Å². The van der Waals surface area contributed by atoms with E-state index in [-0.39, 0.29) is 23.2 Å². The molecule has 1 aromatic rings. The summed E-state index contributed by atoms with van der Waals surface area (Å²) in [5.74, 6) is -0.710. The van der Waals surface area contributed by atoms with E-state index in [1.54, 1.807) is 0 Å². The zero-order valence-corrected chi connectivity index (χ0v) is 22.5. The monoisotopic (exact) mass is 513 g/mol. The Balaban J connectivity index is 1.35. The predicted octanol–water partition coefficient (Wildman–Crippen LogP) is 4.04. The second-order valence-corrected chi connectivity index (χ2v) is 13.2. The topological polar surface area (TPSA) is 89.4 Å². The molecule has 4 aliphatic carbocycles. The third kappa shape index (κ3) is 3.10. The molecule has 37 heavy (non-hydrogen) atoms. The lowest BCUT2D eigenvalue weighted by molar-refractivity contribution is -0.314. The molecular weight excluding hydrogens is 470 g/mol. The molecular formula is C30H43NO6. The molecule has 2 spiro atoms. The molecule has 7 heteroatoms. The van der Waals surface area contributed by atoms with Crippen LogP contribution in [0.3, 0.4) is 0 Å². The van der Waals surface area contributed by atoms with Gasteiger partial charge in [0.2, 0.25) is 0 Å². The van der Waals surface area contributed by atoms with Gasteiger partial charge in [0.1, 0.15) is 0 Å². The molecule has 6 fully saturated rings. The minimum absolute atomic E-state index is 0.128. The number of aliphatic hydroxyl groups excluding tert-OH is 1. The number of aliphatic hydroxyl groups is 2. The van der Waals surface area contributed by atoms with Gasteiger partial charge in [-0.05, 0) is 61.1 Å². The zero-order chi connectivity index (χ0) is 25.7. The van der Waals surface area contributed by atoms with Gasteiger partial charge in [0, 0.05) is 43.3 Å². The van der Waals surface area contributed by atoms with E-state index >= 15 is 0 Å². The van der Waals surface area contributed by atoms with Crippen LogP contribution < -0.4 is 5.32 Å². The van der Waals surface area contributed by atoms with E-state index in [1.807, 2.05) is 7.05 Å². The van der Waals surface area contributed by atoms with Crippen molar-refractivity contribution in [2.24, 2.45) is 28.6 Å². The van der Waals surface area contributed by atoms with Gasteiger partial charge in [0.15, 0.2) is 11.6 Å². The summed E-state index contributed by atoms with van der Waals surface area (Å²) in [6.45, 7) is 6.89. The first-order valence-corrected chi connectivity index (χ1v) is 14.5. The van der Waals surface area contributed by atoms with Crippen molar-refractivity contribution in [2.45, 2.75) is 88.0 Å². The lowest BCUT2D eigenvalue weighted by atomic mass is 9.39. The van der Waals surface area contributed by atoms with Gasteiger partial charge >= 0.3 is 0 Å². The summed E-state index contributed by atoms with van der Waals surface area (Å²) in [5.41, 5.74) is 0.426. The number of fused-ring (bicyclic) bond motifs is 6. The van der Waals surface area contributed by atoms with Gasteiger partial charge in [-0.25, -0.2) is 0 Å². The summed E-state index contributed by atoms with van der Waals surface area (Å²) >= 11 is 0. The Hall–Kier alpha value is -1.22. The molecule has 2 aliphatic heterocycles. The van der Waals surface area contributed by atoms with Crippen LogP contribution in [0.2, 0.25) is 0 Å². The maximum atomic E-state index is 12.5. The highest BCUT2D eigenvalue weighted by Crippen LogP contribution is 2.73. The van der Waals surface area contributed by atoms with Crippen LogP contribution in [-0.2, 0) is 18.9 Å². The highest BCUT2D eigenvalue weighted by atomic mass is 16.7. The van der Waals surface area contributed by atoms with Crippen molar-refractivity contribution < 1.29 is 29.2 Å². The molecule has 0 unspecified atom stereocenters. The Labute approximate surface area is 220 Å². The minimum Gasteiger partial charge on any atom is -0.392 e. The molecule has 6 aliphatic rings. The van der Waals surface area contributed by atoms with Crippen LogP contribution in [0.4, 0.5) is 5.69 Å². The van der Waals surface area contributed by atoms with Crippen molar-refractivity contribution in [2.75, 3.05) is 38.8 Å². The fourth-order valence-electron chi connectivity index (χ4n) is 10.2. The fraction of sp³-hybridized carbons (Fsp3) is 0.800. The van der Waals surface area contributed by atoms with E-state index in [2.05, 4.69) is 43.4 Å². The highest BCUT2D eigenvalue weighted by Gasteiger charge is 2.75. The van der Waals surface area contributed by atoms with E-state index in [1.165, 1.54) is 0 Å². The summed E-state index contributed by atoms with van der Waals surface area (Å²) in [6, 6.07) is 8.55. The highest BCUT2D eigenvalue weighted by molar-refractivity contribution is 5.45. The molecule has 4 saturated carbocycles. The van der Waals surface area contributed by atoms with E-state index in [0.717, 1.165) is 49.8 Å². The Morgan fingerprint density at radius 1 is 0.865 bits per heavy atom. The molecule has 204 valence electrons. The van der Waals surface area contributed by atoms with E-state index in [0.29, 0.717) is 38.8 Å². The summed E-state index contributed by atoms with van der Waals surface area (Å²) < 4.78 is 25.0. The lowest BCUT2D eigenvalue weighted by Crippen LogP contribution is -2.70. The maximum Gasteiger partial charge on any atom is 0.176 e. The molecule has 7 rings (SSSR count). The van der Waals surface area contributed by atoms with Crippen molar-refractivity contribution >= 4 is 5.69 Å². The molecule has 2 heterocycles. The smallest absolute Gasteiger partial charge is 0.176 e. The van der Waals surface area contributed by atoms with E-state index in [9.17, 15) is 10.2 Å². The summed E-state index contributed by atoms with van der Waals surface area (Å²) in [4.78, 5) is 0. The maximum absolute atomic E-state index is 12.5. The molecule has 0 aromatic heterocycles. The minimum atomic E-state index is -0.899. The molecule has 8 atom stereocenters. The van der Waals surface area contributed by atoms with Crippen LogP contribution in [0.1, 0.15) is 70.3 Å². The first-order chi connectivity index (χ1) is 17.7. The van der Waals surface area contributed by atoms with Crippen molar-refractivity contribution in [3.63, 3.8) is 0 Å². The second kappa shape index (κ2) is 8.15.